The number of non-ortho nitro benzene ring substituents is 1. The molecule has 0 radical (unpaired) electrons. The predicted molar refractivity (Wildman–Crippen MR) is 88.6 cm³/mol. The summed E-state index contributed by atoms with van der Waals surface area (Å²) in [6, 6.07) is 5.94. The van der Waals surface area contributed by atoms with Gasteiger partial charge in [0, 0.05) is 12.1 Å². The summed E-state index contributed by atoms with van der Waals surface area (Å²) in [7, 11) is 0. The second-order valence-electron chi connectivity index (χ2n) is 5.16. The largest absolute Gasteiger partial charge is 0.299 e. The average molecular weight is 325 g/mol. The van der Waals surface area contributed by atoms with Gasteiger partial charge >= 0.3 is 0 Å². The van der Waals surface area contributed by atoms with Gasteiger partial charge in [-0.2, -0.15) is 4.98 Å². The molecule has 0 aliphatic carbocycles. The first kappa shape index (κ1) is 15.6. The van der Waals surface area contributed by atoms with E-state index in [1.54, 1.807) is 18.2 Å². The maximum atomic E-state index is 12.2. The maximum Gasteiger partial charge on any atom is 0.299 e. The van der Waals surface area contributed by atoms with Crippen molar-refractivity contribution in [1.29, 1.82) is 0 Å². The molecule has 1 N–H and O–H groups in total. The highest BCUT2D eigenvalue weighted by Gasteiger charge is 2.13. The molecule has 0 bridgehead atoms. The summed E-state index contributed by atoms with van der Waals surface area (Å²) in [6.07, 6.45) is 4.22. The number of aromatic amines is 1. The van der Waals surface area contributed by atoms with Crippen LogP contribution in [-0.4, -0.2) is 24.7 Å². The van der Waals surface area contributed by atoms with E-state index in [2.05, 4.69) is 15.1 Å². The summed E-state index contributed by atoms with van der Waals surface area (Å²) in [5.41, 5.74) is 1.08. The van der Waals surface area contributed by atoms with E-state index in [4.69, 9.17) is 0 Å². The Morgan fingerprint density at radius 3 is 2.58 bits per heavy atom. The summed E-state index contributed by atoms with van der Waals surface area (Å²) < 4.78 is 1.53. The van der Waals surface area contributed by atoms with Crippen LogP contribution in [0.15, 0.2) is 29.1 Å². The van der Waals surface area contributed by atoms with Crippen molar-refractivity contribution in [2.24, 2.45) is 0 Å². The van der Waals surface area contributed by atoms with Gasteiger partial charge in [-0.1, -0.05) is 13.0 Å². The van der Waals surface area contributed by atoms with Gasteiger partial charge in [-0.05, 0) is 37.1 Å². The van der Waals surface area contributed by atoms with Crippen LogP contribution in [0.2, 0.25) is 0 Å². The lowest BCUT2D eigenvalue weighted by atomic mass is 10.2. The van der Waals surface area contributed by atoms with E-state index in [-0.39, 0.29) is 5.69 Å². The van der Waals surface area contributed by atoms with E-state index in [9.17, 15) is 14.9 Å². The first-order chi connectivity index (χ1) is 11.5. The predicted octanol–water partition coefficient (Wildman–Crippen LogP) is 0.493. The lowest BCUT2D eigenvalue weighted by Crippen LogP contribution is -2.33. The summed E-state index contributed by atoms with van der Waals surface area (Å²) >= 11 is 0. The van der Waals surface area contributed by atoms with Crippen molar-refractivity contribution in [3.63, 3.8) is 0 Å². The molecule has 0 aromatic heterocycles. The Kier molecular flexibility index (Phi) is 3.95. The van der Waals surface area contributed by atoms with Gasteiger partial charge in [-0.15, -0.1) is 0 Å². The summed E-state index contributed by atoms with van der Waals surface area (Å²) in [5, 5.41) is 15.0. The van der Waals surface area contributed by atoms with Gasteiger partial charge in [0.1, 0.15) is 5.35 Å². The number of hydrogen-bond donors (Lipinski definition) is 1. The molecule has 0 saturated heterocycles. The number of aryl methyl sites for hydroxylation is 1. The molecule has 0 unspecified atom stereocenters. The number of H-pyrrole nitrogens is 1. The van der Waals surface area contributed by atoms with Crippen molar-refractivity contribution >= 4 is 17.8 Å². The molecule has 122 valence electrons. The van der Waals surface area contributed by atoms with Crippen molar-refractivity contribution < 1.29 is 4.92 Å². The Labute approximate surface area is 136 Å². The lowest BCUT2D eigenvalue weighted by Gasteiger charge is -2.06. The molecular formula is C16H15N5O3. The highest BCUT2D eigenvalue weighted by atomic mass is 16.6. The number of fused-ring (bicyclic) bond motifs is 1. The molecule has 1 aromatic rings. The minimum absolute atomic E-state index is 0.00340. The fourth-order valence-electron chi connectivity index (χ4n) is 2.43. The van der Waals surface area contributed by atoms with Crippen molar-refractivity contribution in [1.82, 2.24) is 19.7 Å². The topological polar surface area (TPSA) is 107 Å². The maximum absolute atomic E-state index is 12.2. The number of aromatic nitrogens is 4. The van der Waals surface area contributed by atoms with Crippen LogP contribution in [0.1, 0.15) is 25.1 Å². The van der Waals surface area contributed by atoms with E-state index >= 15 is 0 Å². The number of benzene rings is 1. The van der Waals surface area contributed by atoms with E-state index in [0.717, 1.165) is 17.5 Å². The standard InChI is InChI=1S/C16H15N5O3/c1-3-12-13(4-2)19-20-14(15(22)18-16(20)17-12)9-10-5-7-11(8-6-10)21(23)24/h4-9,19H,3H2,1-2H3/b13-4+,14-9+. The Morgan fingerprint density at radius 1 is 1.29 bits per heavy atom. The average Bonchev–Trinajstić information content (AvgIpc) is 2.88. The second-order valence-corrected chi connectivity index (χ2v) is 5.16. The van der Waals surface area contributed by atoms with E-state index in [1.807, 2.05) is 19.9 Å². The molecule has 8 nitrogen and oxygen atoms in total. The van der Waals surface area contributed by atoms with Gasteiger partial charge in [0.15, 0.2) is 0 Å². The smallest absolute Gasteiger partial charge is 0.289 e. The number of nitrogens with zero attached hydrogens (tertiary/aromatic N) is 4. The Balaban J connectivity index is 2.21. The molecular weight excluding hydrogens is 310 g/mol. The van der Waals surface area contributed by atoms with Gasteiger partial charge < -0.3 is 0 Å². The molecule has 2 heterocycles. The van der Waals surface area contributed by atoms with Gasteiger partial charge in [-0.25, -0.2) is 9.67 Å². The molecule has 3 rings (SSSR count). The third-order valence-corrected chi connectivity index (χ3v) is 3.67. The zero-order valence-electron chi connectivity index (χ0n) is 13.2. The molecule has 0 amide bonds. The molecule has 2 aliphatic heterocycles. The van der Waals surface area contributed by atoms with Crippen LogP contribution in [0.4, 0.5) is 5.69 Å². The van der Waals surface area contributed by atoms with Crippen LogP contribution >= 0.6 is 0 Å². The number of nitrogens with one attached hydrogen (secondary N) is 1. The summed E-state index contributed by atoms with van der Waals surface area (Å²) in [4.78, 5) is 30.8. The molecule has 24 heavy (non-hydrogen) atoms. The number of hydrogen-bond acceptors (Lipinski definition) is 5. The van der Waals surface area contributed by atoms with Gasteiger partial charge in [0.05, 0.1) is 16.0 Å². The highest BCUT2D eigenvalue weighted by Crippen LogP contribution is 2.12. The molecule has 8 heteroatoms. The van der Waals surface area contributed by atoms with Crippen LogP contribution in [0.25, 0.3) is 18.1 Å². The quantitative estimate of drug-likeness (QED) is 0.557. The van der Waals surface area contributed by atoms with Crippen molar-refractivity contribution in [3.8, 4) is 5.95 Å². The first-order valence-electron chi connectivity index (χ1n) is 7.43. The summed E-state index contributed by atoms with van der Waals surface area (Å²) in [5.74, 6) is 0.301. The van der Waals surface area contributed by atoms with Crippen LogP contribution in [0.3, 0.4) is 0 Å². The Bertz CT molecular complexity index is 1050. The van der Waals surface area contributed by atoms with Crippen molar-refractivity contribution in [2.75, 3.05) is 0 Å². The normalized spacial score (nSPS) is 12.9. The van der Waals surface area contributed by atoms with Gasteiger partial charge in [0.25, 0.3) is 17.2 Å². The van der Waals surface area contributed by atoms with Crippen LogP contribution in [0, 0.1) is 10.1 Å². The van der Waals surface area contributed by atoms with E-state index in [1.165, 1.54) is 16.8 Å². The van der Waals surface area contributed by atoms with Crippen LogP contribution in [0.5, 0.6) is 0 Å². The molecule has 2 aliphatic rings. The minimum atomic E-state index is -0.468. The monoisotopic (exact) mass is 325 g/mol. The number of rotatable bonds is 3. The van der Waals surface area contributed by atoms with Crippen molar-refractivity contribution in [2.45, 2.75) is 20.3 Å². The third-order valence-electron chi connectivity index (χ3n) is 3.67. The first-order valence-corrected chi connectivity index (χ1v) is 7.43. The van der Waals surface area contributed by atoms with Gasteiger partial charge in [-0.3, -0.25) is 20.0 Å². The second kappa shape index (κ2) is 6.07. The van der Waals surface area contributed by atoms with Crippen LogP contribution < -0.4 is 16.3 Å². The van der Waals surface area contributed by atoms with Crippen molar-refractivity contribution in [3.05, 3.63) is 66.7 Å². The zero-order chi connectivity index (χ0) is 17.3. The Hall–Kier alpha value is -3.29. The zero-order valence-corrected chi connectivity index (χ0v) is 13.2. The lowest BCUT2D eigenvalue weighted by molar-refractivity contribution is -0.384. The fraction of sp³-hybridized carbons (Fsp3) is 0.188. The van der Waals surface area contributed by atoms with E-state index in [0.29, 0.717) is 16.9 Å². The Morgan fingerprint density at radius 2 is 2.00 bits per heavy atom. The molecule has 0 fully saturated rings. The number of imidazole rings is 1. The fourth-order valence-corrected chi connectivity index (χ4v) is 2.43. The molecule has 1 aromatic carbocycles. The van der Waals surface area contributed by atoms with Crippen LogP contribution in [-0.2, 0) is 6.42 Å². The number of nitro benzene ring substituents is 1. The van der Waals surface area contributed by atoms with Gasteiger partial charge in [0.2, 0.25) is 0 Å². The minimum Gasteiger partial charge on any atom is -0.289 e. The molecule has 0 atom stereocenters. The molecule has 0 saturated carbocycles. The number of nitro groups is 1. The summed E-state index contributed by atoms with van der Waals surface area (Å²) in [6.45, 7) is 3.86. The third kappa shape index (κ3) is 2.69. The SMILES string of the molecule is C/C=c1/[nH]n2/c(=C/c3ccc([N+](=O)[O-])cc3)c(=O)nc-2nc1CC. The highest BCUT2D eigenvalue weighted by molar-refractivity contribution is 5.51. The molecule has 0 spiro atoms. The van der Waals surface area contributed by atoms with E-state index < -0.39 is 10.5 Å².